The second-order valence-corrected chi connectivity index (χ2v) is 6.26. The predicted molar refractivity (Wildman–Crippen MR) is 83.5 cm³/mol. The summed E-state index contributed by atoms with van der Waals surface area (Å²) in [5.41, 5.74) is 1.71. The van der Waals surface area contributed by atoms with E-state index in [0.29, 0.717) is 5.95 Å². The van der Waals surface area contributed by atoms with E-state index >= 15 is 0 Å². The highest BCUT2D eigenvalue weighted by Gasteiger charge is 2.32. The highest BCUT2D eigenvalue weighted by Crippen LogP contribution is 2.38. The van der Waals surface area contributed by atoms with Crippen LogP contribution in [-0.2, 0) is 0 Å². The van der Waals surface area contributed by atoms with E-state index < -0.39 is 0 Å². The van der Waals surface area contributed by atoms with Gasteiger partial charge in [0.2, 0.25) is 5.95 Å². The molecule has 0 aromatic carbocycles. The molecule has 0 spiro atoms. The lowest BCUT2D eigenvalue weighted by Crippen LogP contribution is -2.42. The van der Waals surface area contributed by atoms with Crippen molar-refractivity contribution in [2.24, 2.45) is 11.8 Å². The maximum Gasteiger partial charge on any atom is 0.226 e. The fraction of sp³-hybridized carbons (Fsp3) is 0.667. The van der Waals surface area contributed by atoms with E-state index in [2.05, 4.69) is 30.2 Å². The predicted octanol–water partition coefficient (Wildman–Crippen LogP) is 2.41. The van der Waals surface area contributed by atoms with Gasteiger partial charge in [-0.15, -0.1) is 0 Å². The quantitative estimate of drug-likeness (QED) is 0.887. The maximum atomic E-state index is 4.69. The maximum absolute atomic E-state index is 4.69. The molecule has 2 aromatic heterocycles. The van der Waals surface area contributed by atoms with Gasteiger partial charge in [-0.25, -0.2) is 4.98 Å². The summed E-state index contributed by atoms with van der Waals surface area (Å²) in [5, 5.41) is 3.04. The number of fused-ring (bicyclic) bond motifs is 2. The zero-order valence-corrected chi connectivity index (χ0v) is 12.5. The summed E-state index contributed by atoms with van der Waals surface area (Å²) in [4.78, 5) is 19.0. The molecule has 1 saturated carbocycles. The molecule has 2 N–H and O–H groups in total. The standard InChI is InChI=1S/C15H22N6/c1-16-15-19-13-12(17-9-18-13)14(20-15)21-7-6-10-4-2-3-5-11(10)8-21/h9-11H,2-8H2,1H3,(H2,16,17,18,19,20). The summed E-state index contributed by atoms with van der Waals surface area (Å²) < 4.78 is 0. The van der Waals surface area contributed by atoms with Gasteiger partial charge >= 0.3 is 0 Å². The number of anilines is 2. The van der Waals surface area contributed by atoms with Gasteiger partial charge in [-0.05, 0) is 24.7 Å². The van der Waals surface area contributed by atoms with Gasteiger partial charge in [0, 0.05) is 20.1 Å². The number of hydrogen-bond donors (Lipinski definition) is 2. The Bertz CT molecular complexity index is 636. The molecule has 6 heteroatoms. The fourth-order valence-corrected chi connectivity index (χ4v) is 3.95. The van der Waals surface area contributed by atoms with E-state index in [1.165, 1.54) is 32.1 Å². The lowest BCUT2D eigenvalue weighted by molar-refractivity contribution is 0.202. The van der Waals surface area contributed by atoms with Crippen LogP contribution in [0.15, 0.2) is 6.33 Å². The molecule has 1 aliphatic heterocycles. The summed E-state index contributed by atoms with van der Waals surface area (Å²) in [6.45, 7) is 2.22. The number of rotatable bonds is 2. The average Bonchev–Trinajstić information content (AvgIpc) is 3.01. The Labute approximate surface area is 124 Å². The number of nitrogens with one attached hydrogen (secondary N) is 2. The van der Waals surface area contributed by atoms with Crippen LogP contribution in [0.4, 0.5) is 11.8 Å². The van der Waals surface area contributed by atoms with Gasteiger partial charge in [-0.2, -0.15) is 9.97 Å². The highest BCUT2D eigenvalue weighted by molar-refractivity contribution is 5.84. The largest absolute Gasteiger partial charge is 0.357 e. The van der Waals surface area contributed by atoms with Crippen LogP contribution in [0.25, 0.3) is 11.2 Å². The number of aromatic amines is 1. The number of nitrogens with zero attached hydrogens (tertiary/aromatic N) is 4. The summed E-state index contributed by atoms with van der Waals surface area (Å²) in [6, 6.07) is 0. The van der Waals surface area contributed by atoms with E-state index in [4.69, 9.17) is 0 Å². The summed E-state index contributed by atoms with van der Waals surface area (Å²) in [6.07, 6.45) is 8.60. The van der Waals surface area contributed by atoms with Gasteiger partial charge < -0.3 is 15.2 Å². The van der Waals surface area contributed by atoms with Gasteiger partial charge in [0.15, 0.2) is 11.5 Å². The third-order valence-electron chi connectivity index (χ3n) is 5.08. The van der Waals surface area contributed by atoms with Gasteiger partial charge in [0.1, 0.15) is 5.52 Å². The first-order chi connectivity index (χ1) is 10.3. The number of imidazole rings is 1. The van der Waals surface area contributed by atoms with Crippen molar-refractivity contribution >= 4 is 22.9 Å². The van der Waals surface area contributed by atoms with Gasteiger partial charge in [0.05, 0.1) is 6.33 Å². The normalized spacial score (nSPS) is 25.9. The number of piperidine rings is 1. The second-order valence-electron chi connectivity index (χ2n) is 6.26. The molecular weight excluding hydrogens is 264 g/mol. The van der Waals surface area contributed by atoms with Gasteiger partial charge in [-0.1, -0.05) is 19.3 Å². The van der Waals surface area contributed by atoms with Crippen molar-refractivity contribution in [2.45, 2.75) is 32.1 Å². The lowest BCUT2D eigenvalue weighted by Gasteiger charge is -2.41. The van der Waals surface area contributed by atoms with Crippen LogP contribution in [0.2, 0.25) is 0 Å². The highest BCUT2D eigenvalue weighted by atomic mass is 15.3. The molecule has 4 rings (SSSR count). The summed E-state index contributed by atoms with van der Waals surface area (Å²) in [5.74, 6) is 3.41. The fourth-order valence-electron chi connectivity index (χ4n) is 3.95. The molecule has 2 unspecified atom stereocenters. The minimum absolute atomic E-state index is 0.648. The number of H-pyrrole nitrogens is 1. The van der Waals surface area contributed by atoms with Crippen molar-refractivity contribution in [3.8, 4) is 0 Å². The first-order valence-corrected chi connectivity index (χ1v) is 7.99. The summed E-state index contributed by atoms with van der Waals surface area (Å²) in [7, 11) is 1.85. The smallest absolute Gasteiger partial charge is 0.226 e. The van der Waals surface area contributed by atoms with Crippen LogP contribution in [-0.4, -0.2) is 40.1 Å². The number of aromatic nitrogens is 4. The number of hydrogen-bond acceptors (Lipinski definition) is 5. The van der Waals surface area contributed by atoms with Crippen LogP contribution in [0.3, 0.4) is 0 Å². The molecule has 2 fully saturated rings. The topological polar surface area (TPSA) is 69.7 Å². The molecule has 2 aromatic rings. The zero-order valence-electron chi connectivity index (χ0n) is 12.5. The average molecular weight is 286 g/mol. The zero-order chi connectivity index (χ0) is 14.2. The van der Waals surface area contributed by atoms with Crippen LogP contribution in [0, 0.1) is 11.8 Å². The van der Waals surface area contributed by atoms with Crippen LogP contribution in [0.5, 0.6) is 0 Å². The van der Waals surface area contributed by atoms with E-state index in [9.17, 15) is 0 Å². The van der Waals surface area contributed by atoms with Crippen molar-refractivity contribution in [3.63, 3.8) is 0 Å². The lowest BCUT2D eigenvalue weighted by atomic mass is 9.75. The minimum atomic E-state index is 0.648. The van der Waals surface area contributed by atoms with Crippen molar-refractivity contribution in [2.75, 3.05) is 30.4 Å². The molecule has 0 bridgehead atoms. The van der Waals surface area contributed by atoms with Crippen molar-refractivity contribution in [1.82, 2.24) is 19.9 Å². The molecule has 21 heavy (non-hydrogen) atoms. The molecule has 0 amide bonds. The second kappa shape index (κ2) is 5.16. The SMILES string of the molecule is CNc1nc(N2CCC3CCCCC3C2)c2[nH]cnc2n1. The van der Waals surface area contributed by atoms with Crippen molar-refractivity contribution in [1.29, 1.82) is 0 Å². The first kappa shape index (κ1) is 12.9. The van der Waals surface area contributed by atoms with E-state index in [1.54, 1.807) is 6.33 Å². The molecule has 2 atom stereocenters. The molecule has 0 radical (unpaired) electrons. The molecular formula is C15H22N6. The van der Waals surface area contributed by atoms with Crippen molar-refractivity contribution in [3.05, 3.63) is 6.33 Å². The third-order valence-corrected chi connectivity index (χ3v) is 5.08. The Balaban J connectivity index is 1.67. The van der Waals surface area contributed by atoms with Gasteiger partial charge in [-0.3, -0.25) is 0 Å². The van der Waals surface area contributed by atoms with Crippen LogP contribution in [0.1, 0.15) is 32.1 Å². The third kappa shape index (κ3) is 2.22. The Hall–Kier alpha value is -1.85. The Morgan fingerprint density at radius 1 is 1.19 bits per heavy atom. The van der Waals surface area contributed by atoms with Crippen LogP contribution >= 0.6 is 0 Å². The molecule has 1 aliphatic carbocycles. The van der Waals surface area contributed by atoms with E-state index in [1.807, 2.05) is 7.05 Å². The molecule has 2 aliphatic rings. The summed E-state index contributed by atoms with van der Waals surface area (Å²) >= 11 is 0. The molecule has 112 valence electrons. The first-order valence-electron chi connectivity index (χ1n) is 7.99. The Morgan fingerprint density at radius 3 is 2.90 bits per heavy atom. The van der Waals surface area contributed by atoms with Crippen LogP contribution < -0.4 is 10.2 Å². The molecule has 3 heterocycles. The molecule has 6 nitrogen and oxygen atoms in total. The Morgan fingerprint density at radius 2 is 2.05 bits per heavy atom. The van der Waals surface area contributed by atoms with E-state index in [-0.39, 0.29) is 0 Å². The van der Waals surface area contributed by atoms with Crippen molar-refractivity contribution < 1.29 is 0 Å². The van der Waals surface area contributed by atoms with Gasteiger partial charge in [0.25, 0.3) is 0 Å². The monoisotopic (exact) mass is 286 g/mol. The minimum Gasteiger partial charge on any atom is -0.357 e. The Kier molecular flexibility index (Phi) is 3.16. The van der Waals surface area contributed by atoms with E-state index in [0.717, 1.165) is 41.9 Å². The molecule has 1 saturated heterocycles.